The van der Waals surface area contributed by atoms with E-state index in [4.69, 9.17) is 0 Å². The Labute approximate surface area is 198 Å². The van der Waals surface area contributed by atoms with Crippen molar-refractivity contribution in [1.29, 1.82) is 0 Å². The topological polar surface area (TPSA) is 150 Å². The van der Waals surface area contributed by atoms with E-state index in [1.165, 1.54) is 7.05 Å². The summed E-state index contributed by atoms with van der Waals surface area (Å²) in [5.41, 5.74) is -2.34. The van der Waals surface area contributed by atoms with Gasteiger partial charge in [-0.3, -0.25) is 24.0 Å². The van der Waals surface area contributed by atoms with Gasteiger partial charge in [-0.2, -0.15) is 0 Å². The number of ketones is 1. The van der Waals surface area contributed by atoms with Crippen LogP contribution in [0.15, 0.2) is 0 Å². The molecular weight excluding hydrogens is 440 g/mol. The summed E-state index contributed by atoms with van der Waals surface area (Å²) in [6.07, 6.45) is 2.01. The molecule has 0 aliphatic heterocycles. The van der Waals surface area contributed by atoms with E-state index in [9.17, 15) is 34.2 Å². The standard InChI is InChI=1S/C25H34N2O7/c1-5-27-19(29)15-11-7-13(17(15)21(32)33)25(9-11)22(34)24(23(25,2)3)8-10-6-12(24)16(20(30)31)14(10)18(28)26-4/h10-17H,5-9H2,1-4H3,(H,26,28)(H,27,29)(H,30,31)(H,32,33). The smallest absolute Gasteiger partial charge is 0.307 e. The first kappa shape index (κ1) is 23.3. The lowest BCUT2D eigenvalue weighted by atomic mass is 9.29. The van der Waals surface area contributed by atoms with Gasteiger partial charge in [0.05, 0.1) is 23.7 Å². The molecule has 10 atom stereocenters. The molecule has 4 bridgehead atoms. The predicted octanol–water partition coefficient (Wildman–Crippen LogP) is 1.16. The molecule has 0 saturated heterocycles. The number of amides is 2. The van der Waals surface area contributed by atoms with Crippen molar-refractivity contribution in [3.8, 4) is 0 Å². The molecule has 9 nitrogen and oxygen atoms in total. The summed E-state index contributed by atoms with van der Waals surface area (Å²) in [6, 6.07) is 0. The number of carbonyl (C=O) groups excluding carboxylic acids is 3. The highest BCUT2D eigenvalue weighted by Gasteiger charge is 2.87. The second-order valence-electron chi connectivity index (χ2n) is 11.8. The van der Waals surface area contributed by atoms with Crippen LogP contribution in [-0.4, -0.2) is 53.3 Å². The SMILES string of the molecule is CCNC(=O)C1C2CC(C1C(=O)O)C1(C2)C(=O)C2(CC3CC2C(C(=O)O)C3C(=O)NC)C1(C)C. The third-order valence-electron chi connectivity index (χ3n) is 11.0. The average Bonchev–Trinajstić information content (AvgIpc) is 3.54. The molecule has 0 heterocycles. The molecule has 0 radical (unpaired) electrons. The molecule has 34 heavy (non-hydrogen) atoms. The van der Waals surface area contributed by atoms with E-state index in [1.807, 2.05) is 13.8 Å². The lowest BCUT2D eigenvalue weighted by molar-refractivity contribution is -0.236. The number of carboxylic acids is 2. The zero-order valence-electron chi connectivity index (χ0n) is 20.1. The van der Waals surface area contributed by atoms with Crippen LogP contribution in [0.1, 0.15) is 46.5 Å². The molecular formula is C25H34N2O7. The van der Waals surface area contributed by atoms with E-state index < -0.39 is 63.7 Å². The van der Waals surface area contributed by atoms with Crippen LogP contribution in [0.4, 0.5) is 0 Å². The maximum atomic E-state index is 14.3. The third kappa shape index (κ3) is 2.29. The van der Waals surface area contributed by atoms with E-state index in [2.05, 4.69) is 10.6 Å². The van der Waals surface area contributed by atoms with Gasteiger partial charge in [-0.25, -0.2) is 0 Å². The van der Waals surface area contributed by atoms with Crippen LogP contribution in [0.25, 0.3) is 0 Å². The van der Waals surface area contributed by atoms with Crippen molar-refractivity contribution < 1.29 is 34.2 Å². The van der Waals surface area contributed by atoms with Crippen molar-refractivity contribution in [2.24, 2.45) is 63.6 Å². The van der Waals surface area contributed by atoms with Gasteiger partial charge in [0, 0.05) is 24.4 Å². The molecule has 9 heteroatoms. The molecule has 0 aromatic rings. The fraction of sp³-hybridized carbons (Fsp3) is 0.800. The molecule has 186 valence electrons. The monoisotopic (exact) mass is 474 g/mol. The number of hydrogen-bond acceptors (Lipinski definition) is 5. The molecule has 5 fully saturated rings. The van der Waals surface area contributed by atoms with Crippen LogP contribution in [0.3, 0.4) is 0 Å². The number of Topliss-reactive ketones (excluding diaryl/α,β-unsaturated/α-hetero) is 1. The van der Waals surface area contributed by atoms with Gasteiger partial charge in [0.2, 0.25) is 11.8 Å². The van der Waals surface area contributed by atoms with Gasteiger partial charge in [-0.05, 0) is 61.7 Å². The Morgan fingerprint density at radius 2 is 1.29 bits per heavy atom. The van der Waals surface area contributed by atoms with Gasteiger partial charge in [0.1, 0.15) is 5.78 Å². The first-order valence-corrected chi connectivity index (χ1v) is 12.4. The van der Waals surface area contributed by atoms with Crippen LogP contribution in [0.2, 0.25) is 0 Å². The minimum Gasteiger partial charge on any atom is -0.481 e. The maximum absolute atomic E-state index is 14.3. The van der Waals surface area contributed by atoms with Gasteiger partial charge in [0.25, 0.3) is 0 Å². The normalized spacial score (nSPS) is 47.1. The van der Waals surface area contributed by atoms with Crippen molar-refractivity contribution in [1.82, 2.24) is 10.6 Å². The van der Waals surface area contributed by atoms with Gasteiger partial charge >= 0.3 is 11.9 Å². The number of carboxylic acid groups (broad SMARTS) is 2. The Morgan fingerprint density at radius 3 is 1.65 bits per heavy atom. The zero-order chi connectivity index (χ0) is 25.0. The molecule has 5 rings (SSSR count). The Morgan fingerprint density at radius 1 is 0.853 bits per heavy atom. The summed E-state index contributed by atoms with van der Waals surface area (Å²) >= 11 is 0. The van der Waals surface area contributed by atoms with Gasteiger partial charge in [-0.15, -0.1) is 0 Å². The molecule has 0 aromatic heterocycles. The highest BCUT2D eigenvalue weighted by Crippen LogP contribution is 2.84. The molecule has 5 saturated carbocycles. The summed E-state index contributed by atoms with van der Waals surface area (Å²) in [5, 5.41) is 25.6. The Kier molecular flexibility index (Phi) is 4.83. The molecule has 0 aromatic carbocycles. The highest BCUT2D eigenvalue weighted by molar-refractivity contribution is 6.03. The molecule has 5 aliphatic rings. The number of nitrogens with one attached hydrogen (secondary N) is 2. The van der Waals surface area contributed by atoms with Crippen LogP contribution < -0.4 is 10.6 Å². The fourth-order valence-corrected chi connectivity index (χ4v) is 10.0. The van der Waals surface area contributed by atoms with Gasteiger partial charge in [-0.1, -0.05) is 13.8 Å². The van der Waals surface area contributed by atoms with Crippen LogP contribution in [0.5, 0.6) is 0 Å². The van der Waals surface area contributed by atoms with E-state index in [1.54, 1.807) is 6.92 Å². The quantitative estimate of drug-likeness (QED) is 0.467. The number of hydrogen-bond donors (Lipinski definition) is 4. The number of rotatable bonds is 5. The fourth-order valence-electron chi connectivity index (χ4n) is 10.0. The number of aliphatic carboxylic acids is 2. The predicted molar refractivity (Wildman–Crippen MR) is 118 cm³/mol. The zero-order valence-corrected chi connectivity index (χ0v) is 20.1. The lowest BCUT2D eigenvalue weighted by Crippen LogP contribution is -2.77. The van der Waals surface area contributed by atoms with E-state index >= 15 is 0 Å². The maximum Gasteiger partial charge on any atom is 0.307 e. The minimum atomic E-state index is -1.04. The largest absolute Gasteiger partial charge is 0.481 e. The summed E-state index contributed by atoms with van der Waals surface area (Å²) in [5.74, 6) is -6.98. The second kappa shape index (κ2) is 7.04. The molecule has 5 aliphatic carbocycles. The van der Waals surface area contributed by atoms with E-state index in [0.29, 0.717) is 32.2 Å². The Bertz CT molecular complexity index is 1010. The average molecular weight is 475 g/mol. The van der Waals surface area contributed by atoms with Crippen LogP contribution in [0, 0.1) is 63.6 Å². The second-order valence-corrected chi connectivity index (χ2v) is 11.8. The molecule has 4 N–H and O–H groups in total. The molecule has 10 unspecified atom stereocenters. The van der Waals surface area contributed by atoms with Crippen molar-refractivity contribution >= 4 is 29.5 Å². The Hall–Kier alpha value is -2.45. The van der Waals surface area contributed by atoms with Crippen molar-refractivity contribution in [2.45, 2.75) is 46.5 Å². The summed E-state index contributed by atoms with van der Waals surface area (Å²) in [6.45, 7) is 6.22. The van der Waals surface area contributed by atoms with Crippen molar-refractivity contribution in [2.75, 3.05) is 13.6 Å². The summed E-state index contributed by atoms with van der Waals surface area (Å²) in [4.78, 5) is 64.3. The summed E-state index contributed by atoms with van der Waals surface area (Å²) < 4.78 is 0. The van der Waals surface area contributed by atoms with Crippen LogP contribution >= 0.6 is 0 Å². The minimum absolute atomic E-state index is 0.00722. The molecule has 2 spiro atoms. The van der Waals surface area contributed by atoms with E-state index in [0.717, 1.165) is 0 Å². The first-order valence-electron chi connectivity index (χ1n) is 12.4. The highest BCUT2D eigenvalue weighted by atomic mass is 16.4. The van der Waals surface area contributed by atoms with Gasteiger partial charge in [0.15, 0.2) is 0 Å². The lowest BCUT2D eigenvalue weighted by Gasteiger charge is -2.72. The van der Waals surface area contributed by atoms with Gasteiger partial charge < -0.3 is 20.8 Å². The third-order valence-corrected chi connectivity index (χ3v) is 11.0. The van der Waals surface area contributed by atoms with Crippen molar-refractivity contribution in [3.05, 3.63) is 0 Å². The number of fused-ring (bicyclic) bond motifs is 6. The Balaban J connectivity index is 1.52. The van der Waals surface area contributed by atoms with Crippen LogP contribution in [-0.2, 0) is 24.0 Å². The van der Waals surface area contributed by atoms with Crippen molar-refractivity contribution in [3.63, 3.8) is 0 Å². The van der Waals surface area contributed by atoms with E-state index in [-0.39, 0.29) is 29.4 Å². The molecule has 2 amide bonds. The summed E-state index contributed by atoms with van der Waals surface area (Å²) in [7, 11) is 1.50. The number of carbonyl (C=O) groups is 5. The first-order chi connectivity index (χ1) is 15.9.